The Hall–Kier alpha value is -0.830. The number of ketones is 1. The Morgan fingerprint density at radius 1 is 1.29 bits per heavy atom. The molecule has 1 aromatic rings. The van der Waals surface area contributed by atoms with Crippen LogP contribution in [0.5, 0.6) is 0 Å². The van der Waals surface area contributed by atoms with E-state index in [-0.39, 0.29) is 5.92 Å². The van der Waals surface area contributed by atoms with Gasteiger partial charge in [-0.3, -0.25) is 9.78 Å². The number of thioether (sulfide) groups is 1. The third kappa shape index (κ3) is 2.39. The molecule has 0 radical (unpaired) electrons. The Morgan fingerprint density at radius 2 is 2.06 bits per heavy atom. The lowest BCUT2D eigenvalue weighted by molar-refractivity contribution is 0.0896. The number of aromatic nitrogens is 1. The first-order valence-electron chi connectivity index (χ1n) is 6.42. The van der Waals surface area contributed by atoms with Gasteiger partial charge in [-0.25, -0.2) is 0 Å². The van der Waals surface area contributed by atoms with Crippen molar-refractivity contribution in [3.05, 3.63) is 30.1 Å². The van der Waals surface area contributed by atoms with Crippen LogP contribution in [0.1, 0.15) is 42.5 Å². The van der Waals surface area contributed by atoms with E-state index in [0.717, 1.165) is 28.9 Å². The molecule has 1 aromatic heterocycles. The van der Waals surface area contributed by atoms with E-state index in [9.17, 15) is 4.79 Å². The van der Waals surface area contributed by atoms with E-state index in [4.69, 9.17) is 0 Å². The number of hydrogen-bond acceptors (Lipinski definition) is 3. The molecule has 0 N–H and O–H groups in total. The number of carbonyl (C=O) groups excluding carboxylic acids is 1. The second-order valence-corrected chi connectivity index (χ2v) is 6.69. The number of carbonyl (C=O) groups is 1. The number of rotatable bonds is 2. The first kappa shape index (κ1) is 11.3. The lowest BCUT2D eigenvalue weighted by Crippen LogP contribution is -2.32. The highest BCUT2D eigenvalue weighted by atomic mass is 32.2. The van der Waals surface area contributed by atoms with Crippen molar-refractivity contribution in [1.82, 2.24) is 4.98 Å². The number of Topliss-reactive ketones (excluding diaryl/α,β-unsaturated/α-hetero) is 1. The molecule has 2 nitrogen and oxygen atoms in total. The second-order valence-electron chi connectivity index (χ2n) is 5.09. The van der Waals surface area contributed by atoms with Crippen molar-refractivity contribution < 1.29 is 4.79 Å². The summed E-state index contributed by atoms with van der Waals surface area (Å²) in [6.07, 6.45) is 9.55. The molecule has 3 rings (SSSR count). The van der Waals surface area contributed by atoms with Crippen LogP contribution in [0.2, 0.25) is 0 Å². The van der Waals surface area contributed by atoms with Gasteiger partial charge in [0.25, 0.3) is 0 Å². The molecule has 2 saturated heterocycles. The minimum atomic E-state index is 0.246. The molecule has 0 spiro atoms. The highest BCUT2D eigenvalue weighted by Gasteiger charge is 2.35. The summed E-state index contributed by atoms with van der Waals surface area (Å²) in [6.45, 7) is 0. The zero-order chi connectivity index (χ0) is 11.7. The third-order valence-corrected chi connectivity index (χ3v) is 5.47. The average molecular weight is 247 g/mol. The van der Waals surface area contributed by atoms with Gasteiger partial charge in [0.2, 0.25) is 0 Å². The number of pyridine rings is 1. The fourth-order valence-electron chi connectivity index (χ4n) is 3.02. The fourth-order valence-corrected chi connectivity index (χ4v) is 4.85. The topological polar surface area (TPSA) is 30.0 Å². The molecule has 17 heavy (non-hydrogen) atoms. The Balaban J connectivity index is 1.74. The van der Waals surface area contributed by atoms with Gasteiger partial charge in [-0.1, -0.05) is 6.42 Å². The van der Waals surface area contributed by atoms with Crippen molar-refractivity contribution in [3.63, 3.8) is 0 Å². The van der Waals surface area contributed by atoms with Gasteiger partial charge in [0.15, 0.2) is 5.78 Å². The molecule has 2 bridgehead atoms. The molecule has 90 valence electrons. The SMILES string of the molecule is O=C(c1cccnc1)C1CC2CCCC(C1)S2. The largest absolute Gasteiger partial charge is 0.294 e. The first-order valence-corrected chi connectivity index (χ1v) is 7.37. The van der Waals surface area contributed by atoms with E-state index in [1.54, 1.807) is 12.4 Å². The van der Waals surface area contributed by atoms with Gasteiger partial charge in [-0.15, -0.1) is 0 Å². The summed E-state index contributed by atoms with van der Waals surface area (Å²) in [5.74, 6) is 0.561. The summed E-state index contributed by atoms with van der Waals surface area (Å²) in [4.78, 5) is 16.4. The molecule has 0 aliphatic carbocycles. The van der Waals surface area contributed by atoms with Gasteiger partial charge in [-0.2, -0.15) is 11.8 Å². The number of nitrogens with zero attached hydrogens (tertiary/aromatic N) is 1. The Morgan fingerprint density at radius 3 is 2.71 bits per heavy atom. The molecule has 2 aliphatic rings. The standard InChI is InChI=1S/C14H17NOS/c16-14(10-3-2-6-15-9-10)11-7-12-4-1-5-13(8-11)17-12/h2-3,6,9,11-13H,1,4-5,7-8H2. The normalized spacial score (nSPS) is 32.1. The molecule has 0 aromatic carbocycles. The van der Waals surface area contributed by atoms with Gasteiger partial charge in [0, 0.05) is 34.4 Å². The molecule has 0 saturated carbocycles. The van der Waals surface area contributed by atoms with Crippen molar-refractivity contribution in [2.24, 2.45) is 5.92 Å². The predicted molar refractivity (Wildman–Crippen MR) is 70.3 cm³/mol. The summed E-state index contributed by atoms with van der Waals surface area (Å²) in [7, 11) is 0. The van der Waals surface area contributed by atoms with Crippen molar-refractivity contribution in [1.29, 1.82) is 0 Å². The highest BCUT2D eigenvalue weighted by molar-refractivity contribution is 8.00. The molecular formula is C14H17NOS. The Bertz CT molecular complexity index is 394. The van der Waals surface area contributed by atoms with Crippen LogP contribution in [-0.4, -0.2) is 21.3 Å². The van der Waals surface area contributed by atoms with Crippen LogP contribution in [0.15, 0.2) is 24.5 Å². The molecule has 2 fully saturated rings. The smallest absolute Gasteiger partial charge is 0.167 e. The number of hydrogen-bond donors (Lipinski definition) is 0. The summed E-state index contributed by atoms with van der Waals surface area (Å²) in [6, 6.07) is 3.75. The van der Waals surface area contributed by atoms with Gasteiger partial charge < -0.3 is 0 Å². The van der Waals surface area contributed by atoms with Crippen molar-refractivity contribution in [2.45, 2.75) is 42.6 Å². The van der Waals surface area contributed by atoms with Gasteiger partial charge in [-0.05, 0) is 37.8 Å². The average Bonchev–Trinajstić information content (AvgIpc) is 2.38. The third-order valence-electron chi connectivity index (χ3n) is 3.85. The van der Waals surface area contributed by atoms with E-state index >= 15 is 0 Å². The molecular weight excluding hydrogens is 230 g/mol. The summed E-state index contributed by atoms with van der Waals surface area (Å²) < 4.78 is 0. The zero-order valence-electron chi connectivity index (χ0n) is 9.84. The maximum atomic E-state index is 12.4. The van der Waals surface area contributed by atoms with E-state index < -0.39 is 0 Å². The monoisotopic (exact) mass is 247 g/mol. The van der Waals surface area contributed by atoms with Gasteiger partial charge >= 0.3 is 0 Å². The van der Waals surface area contributed by atoms with Gasteiger partial charge in [0.1, 0.15) is 0 Å². The first-order chi connectivity index (χ1) is 8.33. The zero-order valence-corrected chi connectivity index (χ0v) is 10.7. The molecule has 3 heterocycles. The lowest BCUT2D eigenvalue weighted by Gasteiger charge is -2.37. The number of fused-ring (bicyclic) bond motifs is 2. The van der Waals surface area contributed by atoms with Crippen LogP contribution >= 0.6 is 11.8 Å². The minimum Gasteiger partial charge on any atom is -0.294 e. The molecule has 2 unspecified atom stereocenters. The second kappa shape index (κ2) is 4.81. The van der Waals surface area contributed by atoms with E-state index in [1.165, 1.54) is 19.3 Å². The van der Waals surface area contributed by atoms with E-state index in [0.29, 0.717) is 5.78 Å². The van der Waals surface area contributed by atoms with Crippen LogP contribution in [0.4, 0.5) is 0 Å². The van der Waals surface area contributed by atoms with Crippen LogP contribution in [0.25, 0.3) is 0 Å². The Labute approximate surface area is 106 Å². The molecule has 2 aliphatic heterocycles. The van der Waals surface area contributed by atoms with Crippen LogP contribution in [-0.2, 0) is 0 Å². The maximum Gasteiger partial charge on any atom is 0.167 e. The van der Waals surface area contributed by atoms with Crippen LogP contribution < -0.4 is 0 Å². The van der Waals surface area contributed by atoms with Crippen LogP contribution in [0, 0.1) is 5.92 Å². The maximum absolute atomic E-state index is 12.4. The summed E-state index contributed by atoms with van der Waals surface area (Å²) in [5, 5.41) is 1.46. The van der Waals surface area contributed by atoms with Gasteiger partial charge in [0.05, 0.1) is 0 Å². The van der Waals surface area contributed by atoms with E-state index in [2.05, 4.69) is 16.7 Å². The minimum absolute atomic E-state index is 0.246. The van der Waals surface area contributed by atoms with Crippen molar-refractivity contribution >= 4 is 17.5 Å². The predicted octanol–water partition coefficient (Wildman–Crippen LogP) is 3.33. The van der Waals surface area contributed by atoms with E-state index in [1.807, 2.05) is 12.1 Å². The summed E-state index contributed by atoms with van der Waals surface area (Å²) in [5.41, 5.74) is 0.794. The molecule has 0 amide bonds. The Kier molecular flexibility index (Phi) is 3.19. The quantitative estimate of drug-likeness (QED) is 0.751. The lowest BCUT2D eigenvalue weighted by atomic mass is 9.85. The van der Waals surface area contributed by atoms with Crippen molar-refractivity contribution in [2.75, 3.05) is 0 Å². The van der Waals surface area contributed by atoms with Crippen LogP contribution in [0.3, 0.4) is 0 Å². The van der Waals surface area contributed by atoms with Crippen molar-refractivity contribution in [3.8, 4) is 0 Å². The molecule has 2 atom stereocenters. The molecule has 3 heteroatoms. The fraction of sp³-hybridized carbons (Fsp3) is 0.571. The highest BCUT2D eigenvalue weighted by Crippen LogP contribution is 2.44. The summed E-state index contributed by atoms with van der Waals surface area (Å²) >= 11 is 2.12.